The summed E-state index contributed by atoms with van der Waals surface area (Å²) in [4.78, 5) is 2.17. The Hall–Kier alpha value is -1.26. The molecule has 0 saturated carbocycles. The van der Waals surface area contributed by atoms with Crippen LogP contribution in [0.25, 0.3) is 0 Å². The molecule has 2 aliphatic rings. The van der Waals surface area contributed by atoms with Crippen molar-refractivity contribution in [3.63, 3.8) is 0 Å². The standard InChI is InChI=1S/C12H15NO3/c14-9-5-13(6-9)7-10-8-15-11-3-1-2-4-12(11)16-10/h1-4,9-10,14H,5-8H2/t10-/m0/s1. The van der Waals surface area contributed by atoms with Crippen LogP contribution in [0.4, 0.5) is 0 Å². The minimum Gasteiger partial charge on any atom is -0.486 e. The summed E-state index contributed by atoms with van der Waals surface area (Å²) < 4.78 is 11.4. The maximum absolute atomic E-state index is 9.19. The van der Waals surface area contributed by atoms with Gasteiger partial charge in [-0.25, -0.2) is 0 Å². The Bertz CT molecular complexity index is 376. The Kier molecular flexibility index (Phi) is 2.46. The molecule has 1 aromatic carbocycles. The number of nitrogens with zero attached hydrogens (tertiary/aromatic N) is 1. The van der Waals surface area contributed by atoms with Gasteiger partial charge in [-0.15, -0.1) is 0 Å². The lowest BCUT2D eigenvalue weighted by atomic mass is 10.1. The molecule has 0 aromatic heterocycles. The first kappa shape index (κ1) is 9.93. The fourth-order valence-electron chi connectivity index (χ4n) is 2.13. The third-order valence-electron chi connectivity index (χ3n) is 2.97. The van der Waals surface area contributed by atoms with E-state index in [0.29, 0.717) is 6.61 Å². The molecule has 2 heterocycles. The van der Waals surface area contributed by atoms with Gasteiger partial charge in [0.2, 0.25) is 0 Å². The van der Waals surface area contributed by atoms with Crippen LogP contribution >= 0.6 is 0 Å². The summed E-state index contributed by atoms with van der Waals surface area (Å²) in [7, 11) is 0. The molecule has 0 unspecified atom stereocenters. The highest BCUT2D eigenvalue weighted by atomic mass is 16.6. The number of benzene rings is 1. The molecule has 0 spiro atoms. The minimum atomic E-state index is -0.156. The van der Waals surface area contributed by atoms with E-state index in [-0.39, 0.29) is 12.2 Å². The fourth-order valence-corrected chi connectivity index (χ4v) is 2.13. The summed E-state index contributed by atoms with van der Waals surface area (Å²) in [6, 6.07) is 7.72. The predicted molar refractivity (Wildman–Crippen MR) is 58.8 cm³/mol. The first-order chi connectivity index (χ1) is 7.81. The van der Waals surface area contributed by atoms with Gasteiger partial charge in [0.05, 0.1) is 6.10 Å². The molecule has 4 nitrogen and oxygen atoms in total. The topological polar surface area (TPSA) is 41.9 Å². The molecule has 3 rings (SSSR count). The molecule has 0 amide bonds. The van der Waals surface area contributed by atoms with E-state index in [1.807, 2.05) is 24.3 Å². The fraction of sp³-hybridized carbons (Fsp3) is 0.500. The van der Waals surface area contributed by atoms with Crippen LogP contribution in [-0.2, 0) is 0 Å². The van der Waals surface area contributed by atoms with Crippen LogP contribution in [0.5, 0.6) is 11.5 Å². The van der Waals surface area contributed by atoms with Gasteiger partial charge in [0.1, 0.15) is 12.7 Å². The predicted octanol–water partition coefficient (Wildman–Crippen LogP) is 0.503. The second-order valence-corrected chi connectivity index (χ2v) is 4.37. The summed E-state index contributed by atoms with van der Waals surface area (Å²) in [5.41, 5.74) is 0. The Labute approximate surface area is 94.4 Å². The first-order valence-corrected chi connectivity index (χ1v) is 5.60. The van der Waals surface area contributed by atoms with Gasteiger partial charge < -0.3 is 14.6 Å². The maximum Gasteiger partial charge on any atom is 0.161 e. The summed E-state index contributed by atoms with van der Waals surface area (Å²) in [5, 5.41) is 9.19. The van der Waals surface area contributed by atoms with Gasteiger partial charge in [-0.1, -0.05) is 12.1 Å². The summed E-state index contributed by atoms with van der Waals surface area (Å²) in [6.07, 6.45) is -0.0841. The van der Waals surface area contributed by atoms with Crippen LogP contribution < -0.4 is 9.47 Å². The van der Waals surface area contributed by atoms with E-state index >= 15 is 0 Å². The van der Waals surface area contributed by atoms with Gasteiger partial charge in [-0.3, -0.25) is 4.90 Å². The zero-order chi connectivity index (χ0) is 11.0. The second-order valence-electron chi connectivity index (χ2n) is 4.37. The lowest BCUT2D eigenvalue weighted by Crippen LogP contribution is -2.55. The van der Waals surface area contributed by atoms with Crippen molar-refractivity contribution in [2.24, 2.45) is 0 Å². The Morgan fingerprint density at radius 1 is 1.25 bits per heavy atom. The van der Waals surface area contributed by atoms with Gasteiger partial charge >= 0.3 is 0 Å². The summed E-state index contributed by atoms with van der Waals surface area (Å²) in [6.45, 7) is 2.91. The van der Waals surface area contributed by atoms with Crippen molar-refractivity contribution in [3.8, 4) is 11.5 Å². The first-order valence-electron chi connectivity index (χ1n) is 5.60. The van der Waals surface area contributed by atoms with Crippen molar-refractivity contribution in [3.05, 3.63) is 24.3 Å². The molecule has 0 radical (unpaired) electrons. The average molecular weight is 221 g/mol. The molecule has 1 fully saturated rings. The molecule has 16 heavy (non-hydrogen) atoms. The lowest BCUT2D eigenvalue weighted by molar-refractivity contribution is -0.0298. The average Bonchev–Trinajstić information content (AvgIpc) is 2.27. The van der Waals surface area contributed by atoms with E-state index in [9.17, 15) is 5.11 Å². The highest BCUT2D eigenvalue weighted by Crippen LogP contribution is 2.31. The molecule has 86 valence electrons. The van der Waals surface area contributed by atoms with Gasteiger partial charge in [-0.2, -0.15) is 0 Å². The maximum atomic E-state index is 9.19. The molecule has 0 bridgehead atoms. The number of likely N-dealkylation sites (tertiary alicyclic amines) is 1. The van der Waals surface area contributed by atoms with Crippen LogP contribution in [0.3, 0.4) is 0 Å². The number of para-hydroxylation sites is 2. The lowest BCUT2D eigenvalue weighted by Gasteiger charge is -2.39. The summed E-state index contributed by atoms with van der Waals surface area (Å²) >= 11 is 0. The van der Waals surface area contributed by atoms with Crippen molar-refractivity contribution < 1.29 is 14.6 Å². The van der Waals surface area contributed by atoms with Gasteiger partial charge in [-0.05, 0) is 12.1 Å². The number of aliphatic hydroxyl groups excluding tert-OH is 1. The SMILES string of the molecule is OC1CN(C[C@H]2COc3ccccc3O2)C1. The molecule has 1 saturated heterocycles. The highest BCUT2D eigenvalue weighted by Gasteiger charge is 2.29. The number of hydrogen-bond donors (Lipinski definition) is 1. The van der Waals surface area contributed by atoms with Gasteiger partial charge in [0, 0.05) is 19.6 Å². The monoisotopic (exact) mass is 221 g/mol. The van der Waals surface area contributed by atoms with Crippen molar-refractivity contribution in [2.45, 2.75) is 12.2 Å². The van der Waals surface area contributed by atoms with Gasteiger partial charge in [0.25, 0.3) is 0 Å². The van der Waals surface area contributed by atoms with Crippen LogP contribution in [0.1, 0.15) is 0 Å². The number of hydrogen-bond acceptors (Lipinski definition) is 4. The van der Waals surface area contributed by atoms with Crippen molar-refractivity contribution in [2.75, 3.05) is 26.2 Å². The highest BCUT2D eigenvalue weighted by molar-refractivity contribution is 5.40. The Morgan fingerprint density at radius 3 is 2.75 bits per heavy atom. The second kappa shape index (κ2) is 3.96. The van der Waals surface area contributed by atoms with Crippen LogP contribution in [0.2, 0.25) is 0 Å². The molecular weight excluding hydrogens is 206 g/mol. The van der Waals surface area contributed by atoms with Crippen molar-refractivity contribution in [1.29, 1.82) is 0 Å². The molecule has 2 aliphatic heterocycles. The van der Waals surface area contributed by atoms with Crippen molar-refractivity contribution in [1.82, 2.24) is 4.90 Å². The van der Waals surface area contributed by atoms with E-state index in [0.717, 1.165) is 31.1 Å². The minimum absolute atomic E-state index is 0.0717. The van der Waals surface area contributed by atoms with E-state index in [2.05, 4.69) is 4.90 Å². The largest absolute Gasteiger partial charge is 0.486 e. The smallest absolute Gasteiger partial charge is 0.161 e. The zero-order valence-electron chi connectivity index (χ0n) is 9.00. The number of β-amino-alcohol motifs (C(OH)–C–C–N with tert-alkyl or cyclic N) is 1. The number of rotatable bonds is 2. The molecule has 1 N–H and O–H groups in total. The molecular formula is C12H15NO3. The molecule has 4 heteroatoms. The zero-order valence-corrected chi connectivity index (χ0v) is 9.00. The quantitative estimate of drug-likeness (QED) is 0.789. The third-order valence-corrected chi connectivity index (χ3v) is 2.97. The van der Waals surface area contributed by atoms with E-state index in [1.165, 1.54) is 0 Å². The normalized spacial score (nSPS) is 25.2. The summed E-state index contributed by atoms with van der Waals surface area (Å²) in [5.74, 6) is 1.64. The van der Waals surface area contributed by atoms with Crippen LogP contribution in [0.15, 0.2) is 24.3 Å². The van der Waals surface area contributed by atoms with Gasteiger partial charge in [0.15, 0.2) is 11.5 Å². The molecule has 1 atom stereocenters. The Morgan fingerprint density at radius 2 is 2.00 bits per heavy atom. The van der Waals surface area contributed by atoms with E-state index in [1.54, 1.807) is 0 Å². The van der Waals surface area contributed by atoms with Crippen LogP contribution in [-0.4, -0.2) is 48.5 Å². The van der Waals surface area contributed by atoms with Crippen molar-refractivity contribution >= 4 is 0 Å². The Balaban J connectivity index is 1.60. The number of fused-ring (bicyclic) bond motifs is 1. The number of ether oxygens (including phenoxy) is 2. The molecule has 0 aliphatic carbocycles. The third kappa shape index (κ3) is 1.86. The van der Waals surface area contributed by atoms with E-state index in [4.69, 9.17) is 9.47 Å². The molecule has 1 aromatic rings. The number of aliphatic hydroxyl groups is 1. The van der Waals surface area contributed by atoms with Crippen LogP contribution in [0, 0.1) is 0 Å². The van der Waals surface area contributed by atoms with E-state index < -0.39 is 0 Å².